The molecule has 21 heavy (non-hydrogen) atoms. The van der Waals surface area contributed by atoms with Crippen molar-refractivity contribution in [3.8, 4) is 10.8 Å². The fourth-order valence-electron chi connectivity index (χ4n) is 2.97. The van der Waals surface area contributed by atoms with Crippen LogP contribution in [-0.4, -0.2) is 29.5 Å². The van der Waals surface area contributed by atoms with Gasteiger partial charge in [0.15, 0.2) is 0 Å². The topological polar surface area (TPSA) is 55.3 Å². The fourth-order valence-corrected chi connectivity index (χ4v) is 3.62. The first-order valence-corrected chi connectivity index (χ1v) is 8.48. The van der Waals surface area contributed by atoms with Gasteiger partial charge in [0.2, 0.25) is 5.89 Å². The molecule has 2 atom stereocenters. The van der Waals surface area contributed by atoms with Gasteiger partial charge in [-0.1, -0.05) is 13.0 Å². The first-order valence-electron chi connectivity index (χ1n) is 7.60. The molecule has 0 aliphatic carbocycles. The van der Waals surface area contributed by atoms with Gasteiger partial charge in [-0.05, 0) is 49.7 Å². The Hall–Kier alpha value is -1.17. The molecule has 1 aliphatic heterocycles. The number of rotatable bonds is 4. The third kappa shape index (κ3) is 3.20. The summed E-state index contributed by atoms with van der Waals surface area (Å²) in [5.41, 5.74) is 6.95. The van der Waals surface area contributed by atoms with Crippen LogP contribution >= 0.6 is 11.3 Å². The van der Waals surface area contributed by atoms with Gasteiger partial charge in [0.1, 0.15) is 5.76 Å². The molecule has 0 amide bonds. The average Bonchev–Trinajstić information content (AvgIpc) is 3.11. The second kappa shape index (κ2) is 6.30. The number of thiophene rings is 1. The van der Waals surface area contributed by atoms with E-state index in [4.69, 9.17) is 10.2 Å². The Morgan fingerprint density at radius 3 is 3.10 bits per heavy atom. The zero-order chi connectivity index (χ0) is 14.8. The van der Waals surface area contributed by atoms with E-state index in [9.17, 15) is 0 Å². The molecular weight excluding hydrogens is 282 g/mol. The summed E-state index contributed by atoms with van der Waals surface area (Å²) in [5.74, 6) is 3.01. The highest BCUT2D eigenvalue weighted by Crippen LogP contribution is 2.28. The van der Waals surface area contributed by atoms with E-state index in [1.165, 1.54) is 6.42 Å². The second-order valence-electron chi connectivity index (χ2n) is 6.00. The van der Waals surface area contributed by atoms with Crippen LogP contribution in [0.25, 0.3) is 10.8 Å². The van der Waals surface area contributed by atoms with Crippen LogP contribution in [0.5, 0.6) is 0 Å². The number of likely N-dealkylation sites (tertiary alicyclic amines) is 1. The predicted molar refractivity (Wildman–Crippen MR) is 86.2 cm³/mol. The molecule has 0 radical (unpaired) electrons. The van der Waals surface area contributed by atoms with Gasteiger partial charge < -0.3 is 10.2 Å². The summed E-state index contributed by atoms with van der Waals surface area (Å²) in [6, 6.07) is 4.07. The fraction of sp³-hybridized carbons (Fsp3) is 0.562. The van der Waals surface area contributed by atoms with Gasteiger partial charge >= 0.3 is 0 Å². The van der Waals surface area contributed by atoms with Crippen LogP contribution in [0.4, 0.5) is 0 Å². The van der Waals surface area contributed by atoms with Crippen molar-refractivity contribution in [3.05, 3.63) is 29.0 Å². The Morgan fingerprint density at radius 1 is 1.52 bits per heavy atom. The lowest BCUT2D eigenvalue weighted by atomic mass is 9.87. The van der Waals surface area contributed by atoms with E-state index in [0.717, 1.165) is 54.3 Å². The van der Waals surface area contributed by atoms with Gasteiger partial charge in [-0.3, -0.25) is 4.90 Å². The van der Waals surface area contributed by atoms with Gasteiger partial charge in [0.05, 0.1) is 10.6 Å². The lowest BCUT2D eigenvalue weighted by Gasteiger charge is -2.36. The normalized spacial score (nSPS) is 23.6. The van der Waals surface area contributed by atoms with Crippen molar-refractivity contribution < 1.29 is 4.42 Å². The quantitative estimate of drug-likeness (QED) is 0.943. The standard InChI is InChI=1S/C16H23N3OS/c1-11-5-6-19(9-13(11)8-17)10-14-12(2)20-16(18-14)15-4-3-7-21-15/h3-4,7,11,13H,5-6,8-10,17H2,1-2H3. The van der Waals surface area contributed by atoms with Crippen molar-refractivity contribution in [1.82, 2.24) is 9.88 Å². The number of aromatic nitrogens is 1. The summed E-state index contributed by atoms with van der Waals surface area (Å²) < 4.78 is 5.82. The number of aryl methyl sites for hydroxylation is 1. The van der Waals surface area contributed by atoms with Crippen LogP contribution in [0.1, 0.15) is 24.8 Å². The lowest BCUT2D eigenvalue weighted by molar-refractivity contribution is 0.124. The molecule has 3 rings (SSSR count). The number of oxazole rings is 1. The van der Waals surface area contributed by atoms with E-state index in [1.807, 2.05) is 24.4 Å². The van der Waals surface area contributed by atoms with E-state index >= 15 is 0 Å². The highest BCUT2D eigenvalue weighted by molar-refractivity contribution is 7.13. The molecule has 0 bridgehead atoms. The van der Waals surface area contributed by atoms with Crippen LogP contribution in [0.2, 0.25) is 0 Å². The Morgan fingerprint density at radius 2 is 2.38 bits per heavy atom. The molecule has 3 heterocycles. The molecular formula is C16H23N3OS. The molecule has 2 N–H and O–H groups in total. The lowest BCUT2D eigenvalue weighted by Crippen LogP contribution is -2.42. The molecule has 4 nitrogen and oxygen atoms in total. The summed E-state index contributed by atoms with van der Waals surface area (Å²) in [6.45, 7) is 8.15. The van der Waals surface area contributed by atoms with Crippen LogP contribution in [-0.2, 0) is 6.54 Å². The molecule has 0 saturated carbocycles. The SMILES string of the molecule is Cc1oc(-c2cccs2)nc1CN1CCC(C)C(CN)C1. The number of nitrogens with two attached hydrogens (primary N) is 1. The van der Waals surface area contributed by atoms with Crippen molar-refractivity contribution in [1.29, 1.82) is 0 Å². The zero-order valence-electron chi connectivity index (χ0n) is 12.7. The largest absolute Gasteiger partial charge is 0.440 e. The number of piperidine rings is 1. The Bertz CT molecular complexity index is 578. The minimum atomic E-state index is 0.600. The van der Waals surface area contributed by atoms with Crippen LogP contribution in [0.3, 0.4) is 0 Å². The molecule has 5 heteroatoms. The minimum absolute atomic E-state index is 0.600. The third-order valence-corrected chi connectivity index (χ3v) is 5.36. The molecule has 1 aliphatic rings. The van der Waals surface area contributed by atoms with E-state index in [0.29, 0.717) is 5.92 Å². The van der Waals surface area contributed by atoms with E-state index < -0.39 is 0 Å². The molecule has 2 unspecified atom stereocenters. The first-order chi connectivity index (χ1) is 10.2. The Labute approximate surface area is 130 Å². The molecule has 0 aromatic carbocycles. The van der Waals surface area contributed by atoms with Crippen molar-refractivity contribution in [2.24, 2.45) is 17.6 Å². The van der Waals surface area contributed by atoms with E-state index in [2.05, 4.69) is 16.8 Å². The van der Waals surface area contributed by atoms with Gasteiger partial charge in [0, 0.05) is 13.1 Å². The molecule has 0 spiro atoms. The smallest absolute Gasteiger partial charge is 0.236 e. The van der Waals surface area contributed by atoms with Crippen LogP contribution < -0.4 is 5.73 Å². The molecule has 2 aromatic rings. The summed E-state index contributed by atoms with van der Waals surface area (Å²) >= 11 is 1.66. The predicted octanol–water partition coefficient (Wildman–Crippen LogP) is 3.13. The van der Waals surface area contributed by atoms with Crippen LogP contribution in [0.15, 0.2) is 21.9 Å². The van der Waals surface area contributed by atoms with Crippen molar-refractivity contribution >= 4 is 11.3 Å². The zero-order valence-corrected chi connectivity index (χ0v) is 13.5. The molecule has 2 aromatic heterocycles. The monoisotopic (exact) mass is 305 g/mol. The minimum Gasteiger partial charge on any atom is -0.440 e. The molecule has 1 fully saturated rings. The van der Waals surface area contributed by atoms with Gasteiger partial charge in [-0.25, -0.2) is 4.98 Å². The number of hydrogen-bond donors (Lipinski definition) is 1. The highest BCUT2D eigenvalue weighted by Gasteiger charge is 2.26. The van der Waals surface area contributed by atoms with Gasteiger partial charge in [-0.15, -0.1) is 11.3 Å². The number of hydrogen-bond acceptors (Lipinski definition) is 5. The first kappa shape index (κ1) is 14.8. The van der Waals surface area contributed by atoms with Gasteiger partial charge in [-0.2, -0.15) is 0 Å². The maximum Gasteiger partial charge on any atom is 0.236 e. The van der Waals surface area contributed by atoms with Crippen molar-refractivity contribution in [3.63, 3.8) is 0 Å². The third-order valence-electron chi connectivity index (χ3n) is 4.50. The van der Waals surface area contributed by atoms with E-state index in [-0.39, 0.29) is 0 Å². The highest BCUT2D eigenvalue weighted by atomic mass is 32.1. The number of nitrogens with zero attached hydrogens (tertiary/aromatic N) is 2. The van der Waals surface area contributed by atoms with Crippen molar-refractivity contribution in [2.75, 3.05) is 19.6 Å². The molecule has 1 saturated heterocycles. The van der Waals surface area contributed by atoms with Crippen LogP contribution in [0, 0.1) is 18.8 Å². The average molecular weight is 305 g/mol. The summed E-state index contributed by atoms with van der Waals surface area (Å²) in [6.07, 6.45) is 1.22. The maximum atomic E-state index is 5.89. The second-order valence-corrected chi connectivity index (χ2v) is 6.94. The maximum absolute atomic E-state index is 5.89. The summed E-state index contributed by atoms with van der Waals surface area (Å²) in [4.78, 5) is 8.24. The van der Waals surface area contributed by atoms with E-state index in [1.54, 1.807) is 11.3 Å². The van der Waals surface area contributed by atoms with Gasteiger partial charge in [0.25, 0.3) is 0 Å². The summed E-state index contributed by atoms with van der Waals surface area (Å²) in [7, 11) is 0. The summed E-state index contributed by atoms with van der Waals surface area (Å²) in [5, 5.41) is 2.05. The van der Waals surface area contributed by atoms with Crippen molar-refractivity contribution in [2.45, 2.75) is 26.8 Å². The Kier molecular flexibility index (Phi) is 4.42. The Balaban J connectivity index is 1.71. The molecule has 114 valence electrons.